The van der Waals surface area contributed by atoms with Gasteiger partial charge in [0.25, 0.3) is 17.7 Å². The Morgan fingerprint density at radius 1 is 0.943 bits per heavy atom. The molecule has 0 saturated heterocycles. The highest BCUT2D eigenvalue weighted by molar-refractivity contribution is 6.21. The number of hydrogen-bond acceptors (Lipinski definition) is 6. The summed E-state index contributed by atoms with van der Waals surface area (Å²) in [5.74, 6) is -0.485. The third-order valence-electron chi connectivity index (χ3n) is 5.58. The predicted octanol–water partition coefficient (Wildman–Crippen LogP) is 4.27. The lowest BCUT2D eigenvalue weighted by Gasteiger charge is -2.14. The first-order valence-electron chi connectivity index (χ1n) is 11.0. The zero-order valence-corrected chi connectivity index (χ0v) is 19.9. The van der Waals surface area contributed by atoms with E-state index in [1.807, 2.05) is 32.9 Å². The summed E-state index contributed by atoms with van der Waals surface area (Å²) in [4.78, 5) is 37.4. The van der Waals surface area contributed by atoms with Crippen molar-refractivity contribution in [2.45, 2.75) is 20.8 Å². The van der Waals surface area contributed by atoms with Gasteiger partial charge in [-0.3, -0.25) is 14.4 Å². The molecule has 0 spiro atoms. The minimum Gasteiger partial charge on any atom is -0.493 e. The molecular weight excluding hydrogens is 446 g/mol. The van der Waals surface area contributed by atoms with Gasteiger partial charge in [-0.15, -0.1) is 0 Å². The topological polar surface area (TPSA) is 97.3 Å². The zero-order valence-electron chi connectivity index (χ0n) is 19.9. The van der Waals surface area contributed by atoms with Crippen molar-refractivity contribution in [2.75, 3.05) is 19.0 Å². The van der Waals surface area contributed by atoms with Crippen LogP contribution in [0.15, 0.2) is 59.7 Å². The van der Waals surface area contributed by atoms with E-state index in [0.717, 1.165) is 27.4 Å². The Hall–Kier alpha value is -4.46. The summed E-state index contributed by atoms with van der Waals surface area (Å²) in [6.45, 7) is 5.70. The standard InChI is InChI=1S/C27H25N3O5/c1-16-11-17(2)25(18(3)12-16)29-24(31)15-35-22-10-9-19(13-23(22)34-4)14-28-30-26(32)20-7-5-6-8-21(20)27(30)33/h5-14H,15H2,1-4H3,(H,29,31). The second-order valence-corrected chi connectivity index (χ2v) is 8.23. The van der Waals surface area contributed by atoms with Crippen LogP contribution in [0.25, 0.3) is 0 Å². The molecular formula is C27H25N3O5. The summed E-state index contributed by atoms with van der Waals surface area (Å²) in [6.07, 6.45) is 1.39. The molecule has 0 fully saturated rings. The highest BCUT2D eigenvalue weighted by Crippen LogP contribution is 2.28. The lowest BCUT2D eigenvalue weighted by Crippen LogP contribution is -2.24. The van der Waals surface area contributed by atoms with Gasteiger partial charge < -0.3 is 14.8 Å². The van der Waals surface area contributed by atoms with E-state index in [4.69, 9.17) is 9.47 Å². The van der Waals surface area contributed by atoms with Crippen molar-refractivity contribution in [3.05, 3.63) is 88.0 Å². The molecule has 0 bridgehead atoms. The molecule has 178 valence electrons. The molecule has 1 aliphatic rings. The van der Waals surface area contributed by atoms with Crippen LogP contribution in [0.2, 0.25) is 0 Å². The molecule has 3 aromatic carbocycles. The van der Waals surface area contributed by atoms with Crippen molar-refractivity contribution < 1.29 is 23.9 Å². The number of fused-ring (bicyclic) bond motifs is 1. The SMILES string of the molecule is COc1cc(C=NN2C(=O)c3ccccc3C2=O)ccc1OCC(=O)Nc1c(C)cc(C)cc1C. The number of hydrogen-bond donors (Lipinski definition) is 1. The van der Waals surface area contributed by atoms with E-state index in [9.17, 15) is 14.4 Å². The number of carbonyl (C=O) groups is 3. The van der Waals surface area contributed by atoms with Gasteiger partial charge in [0.05, 0.1) is 24.5 Å². The van der Waals surface area contributed by atoms with Crippen LogP contribution in [0, 0.1) is 20.8 Å². The number of amides is 3. The number of benzene rings is 3. The van der Waals surface area contributed by atoms with E-state index >= 15 is 0 Å². The number of nitrogens with one attached hydrogen (secondary N) is 1. The van der Waals surface area contributed by atoms with Crippen molar-refractivity contribution in [2.24, 2.45) is 5.10 Å². The highest BCUT2D eigenvalue weighted by Gasteiger charge is 2.35. The number of methoxy groups -OCH3 is 1. The third kappa shape index (κ3) is 4.91. The first-order chi connectivity index (χ1) is 16.8. The molecule has 8 heteroatoms. The minimum atomic E-state index is -0.473. The Kier molecular flexibility index (Phi) is 6.64. The maximum Gasteiger partial charge on any atom is 0.282 e. The fraction of sp³-hybridized carbons (Fsp3) is 0.185. The summed E-state index contributed by atoms with van der Waals surface area (Å²) in [5, 5.41) is 7.80. The van der Waals surface area contributed by atoms with Crippen molar-refractivity contribution in [3.63, 3.8) is 0 Å². The fourth-order valence-corrected chi connectivity index (χ4v) is 3.99. The number of hydrazone groups is 1. The molecule has 35 heavy (non-hydrogen) atoms. The molecule has 1 aliphatic heterocycles. The van der Waals surface area contributed by atoms with E-state index in [1.165, 1.54) is 13.3 Å². The average molecular weight is 472 g/mol. The van der Waals surface area contributed by atoms with Crippen molar-refractivity contribution in [3.8, 4) is 11.5 Å². The molecule has 3 aromatic rings. The van der Waals surface area contributed by atoms with Gasteiger partial charge in [0.1, 0.15) is 0 Å². The summed E-state index contributed by atoms with van der Waals surface area (Å²) in [5.41, 5.74) is 5.10. The molecule has 3 amide bonds. The van der Waals surface area contributed by atoms with E-state index in [2.05, 4.69) is 10.4 Å². The van der Waals surface area contributed by atoms with Crippen LogP contribution in [-0.4, -0.2) is 42.7 Å². The molecule has 0 radical (unpaired) electrons. The Bertz CT molecular complexity index is 1300. The van der Waals surface area contributed by atoms with Crippen LogP contribution in [-0.2, 0) is 4.79 Å². The second kappa shape index (κ2) is 9.80. The van der Waals surface area contributed by atoms with Crippen LogP contribution in [0.5, 0.6) is 11.5 Å². The summed E-state index contributed by atoms with van der Waals surface area (Å²) >= 11 is 0. The number of nitrogens with zero attached hydrogens (tertiary/aromatic N) is 2. The van der Waals surface area contributed by atoms with Gasteiger partial charge in [-0.2, -0.15) is 10.1 Å². The first kappa shape index (κ1) is 23.7. The van der Waals surface area contributed by atoms with Crippen LogP contribution >= 0.6 is 0 Å². The maximum absolute atomic E-state index is 12.5. The van der Waals surface area contributed by atoms with E-state index in [1.54, 1.807) is 42.5 Å². The zero-order chi connectivity index (χ0) is 25.1. The number of aryl methyl sites for hydroxylation is 3. The van der Waals surface area contributed by atoms with Crippen molar-refractivity contribution in [1.29, 1.82) is 0 Å². The summed E-state index contributed by atoms with van der Waals surface area (Å²) in [6, 6.07) is 15.6. The molecule has 0 unspecified atom stereocenters. The molecule has 8 nitrogen and oxygen atoms in total. The minimum absolute atomic E-state index is 0.203. The van der Waals surface area contributed by atoms with E-state index in [-0.39, 0.29) is 12.5 Å². The van der Waals surface area contributed by atoms with E-state index < -0.39 is 11.8 Å². The smallest absolute Gasteiger partial charge is 0.282 e. The lowest BCUT2D eigenvalue weighted by atomic mass is 10.1. The Morgan fingerprint density at radius 2 is 1.57 bits per heavy atom. The Labute approximate surface area is 203 Å². The molecule has 0 atom stereocenters. The summed E-state index contributed by atoms with van der Waals surface area (Å²) < 4.78 is 11.1. The van der Waals surface area contributed by atoms with Crippen molar-refractivity contribution in [1.82, 2.24) is 5.01 Å². The van der Waals surface area contributed by atoms with Gasteiger partial charge in [-0.25, -0.2) is 0 Å². The predicted molar refractivity (Wildman–Crippen MR) is 132 cm³/mol. The van der Waals surface area contributed by atoms with Crippen LogP contribution in [0.3, 0.4) is 0 Å². The molecule has 0 aromatic heterocycles. The highest BCUT2D eigenvalue weighted by atomic mass is 16.5. The molecule has 0 saturated carbocycles. The Balaban J connectivity index is 1.42. The molecule has 4 rings (SSSR count). The molecule has 0 aliphatic carbocycles. The monoisotopic (exact) mass is 471 g/mol. The fourth-order valence-electron chi connectivity index (χ4n) is 3.99. The molecule has 1 heterocycles. The van der Waals surface area contributed by atoms with Gasteiger partial charge in [-0.1, -0.05) is 29.8 Å². The number of imide groups is 1. The van der Waals surface area contributed by atoms with Gasteiger partial charge in [0.2, 0.25) is 0 Å². The number of rotatable bonds is 7. The Morgan fingerprint density at radius 3 is 2.17 bits per heavy atom. The normalized spacial score (nSPS) is 12.7. The maximum atomic E-state index is 12.5. The largest absolute Gasteiger partial charge is 0.493 e. The quantitative estimate of drug-likeness (QED) is 0.410. The summed E-state index contributed by atoms with van der Waals surface area (Å²) in [7, 11) is 1.48. The number of carbonyl (C=O) groups excluding carboxylic acids is 3. The first-order valence-corrected chi connectivity index (χ1v) is 11.0. The second-order valence-electron chi connectivity index (χ2n) is 8.23. The van der Waals surface area contributed by atoms with Crippen molar-refractivity contribution >= 4 is 29.6 Å². The van der Waals surface area contributed by atoms with Crippen LogP contribution < -0.4 is 14.8 Å². The van der Waals surface area contributed by atoms with Gasteiger partial charge in [0.15, 0.2) is 18.1 Å². The average Bonchev–Trinajstić information content (AvgIpc) is 3.08. The van der Waals surface area contributed by atoms with Crippen LogP contribution in [0.1, 0.15) is 43.0 Å². The third-order valence-corrected chi connectivity index (χ3v) is 5.58. The van der Waals surface area contributed by atoms with Gasteiger partial charge in [0, 0.05) is 5.69 Å². The molecule has 1 N–H and O–H groups in total. The van der Waals surface area contributed by atoms with Gasteiger partial charge in [-0.05, 0) is 67.8 Å². The van der Waals surface area contributed by atoms with Gasteiger partial charge >= 0.3 is 0 Å². The number of anilines is 1. The van der Waals surface area contributed by atoms with Crippen LogP contribution in [0.4, 0.5) is 5.69 Å². The lowest BCUT2D eigenvalue weighted by molar-refractivity contribution is -0.118. The van der Waals surface area contributed by atoms with E-state index in [0.29, 0.717) is 28.2 Å². The number of ether oxygens (including phenoxy) is 2.